The molecule has 0 atom stereocenters. The first-order valence-corrected chi connectivity index (χ1v) is 9.33. The van der Waals surface area contributed by atoms with Crippen molar-refractivity contribution >= 4 is 40.2 Å². The summed E-state index contributed by atoms with van der Waals surface area (Å²) >= 11 is 0. The minimum atomic E-state index is -1.51. The molecule has 0 saturated heterocycles. The Bertz CT molecular complexity index is 1150. The highest BCUT2D eigenvalue weighted by Crippen LogP contribution is 2.37. The first-order valence-electron chi connectivity index (χ1n) is 9.33. The van der Waals surface area contributed by atoms with Crippen LogP contribution in [0.25, 0.3) is 38.7 Å². The summed E-state index contributed by atoms with van der Waals surface area (Å²) in [5.41, 5.74) is 5.54. The fourth-order valence-electron chi connectivity index (χ4n) is 4.33. The summed E-state index contributed by atoms with van der Waals surface area (Å²) in [5.74, 6) is 0. The summed E-state index contributed by atoms with van der Waals surface area (Å²) < 4.78 is 0. The molecular formula is C24H19BO2. The largest absolute Gasteiger partial charge is 0.489 e. The van der Waals surface area contributed by atoms with Gasteiger partial charge in [-0.1, -0.05) is 72.8 Å². The monoisotopic (exact) mass is 350 g/mol. The van der Waals surface area contributed by atoms with Crippen LogP contribution >= 0.6 is 0 Å². The lowest BCUT2D eigenvalue weighted by molar-refractivity contribution is 0.426. The van der Waals surface area contributed by atoms with Crippen molar-refractivity contribution in [3.63, 3.8) is 0 Å². The van der Waals surface area contributed by atoms with Gasteiger partial charge in [-0.25, -0.2) is 0 Å². The van der Waals surface area contributed by atoms with Crippen LogP contribution in [0, 0.1) is 0 Å². The molecule has 0 radical (unpaired) electrons. The molecule has 0 unspecified atom stereocenters. The van der Waals surface area contributed by atoms with Crippen molar-refractivity contribution < 1.29 is 10.0 Å². The van der Waals surface area contributed by atoms with Crippen molar-refractivity contribution in [3.05, 3.63) is 83.9 Å². The summed E-state index contributed by atoms with van der Waals surface area (Å²) in [4.78, 5) is 0. The quantitative estimate of drug-likeness (QED) is 0.418. The van der Waals surface area contributed by atoms with E-state index in [1.165, 1.54) is 11.1 Å². The fraction of sp³-hybridized carbons (Fsp3) is 0.0833. The lowest BCUT2D eigenvalue weighted by Crippen LogP contribution is -2.31. The third-order valence-electron chi connectivity index (χ3n) is 5.54. The molecule has 1 aliphatic rings. The van der Waals surface area contributed by atoms with Crippen LogP contribution in [0.2, 0.25) is 0 Å². The Morgan fingerprint density at radius 1 is 0.741 bits per heavy atom. The molecule has 0 aliphatic heterocycles. The fourth-order valence-corrected chi connectivity index (χ4v) is 4.33. The first-order chi connectivity index (χ1) is 13.2. The number of aryl methyl sites for hydroxylation is 1. The van der Waals surface area contributed by atoms with E-state index in [1.54, 1.807) is 0 Å². The number of fused-ring (bicyclic) bond motifs is 3. The Balaban J connectivity index is 1.92. The summed E-state index contributed by atoms with van der Waals surface area (Å²) in [6, 6.07) is 22.7. The number of hydrogen-bond acceptors (Lipinski definition) is 2. The minimum absolute atomic E-state index is 0.572. The molecule has 0 fully saturated rings. The highest BCUT2D eigenvalue weighted by Gasteiger charge is 2.22. The van der Waals surface area contributed by atoms with E-state index in [9.17, 15) is 10.0 Å². The zero-order valence-electron chi connectivity index (χ0n) is 14.9. The number of allylic oxidation sites excluding steroid dienone is 1. The van der Waals surface area contributed by atoms with Crippen LogP contribution in [0.5, 0.6) is 0 Å². The van der Waals surface area contributed by atoms with E-state index < -0.39 is 7.12 Å². The summed E-state index contributed by atoms with van der Waals surface area (Å²) in [6.45, 7) is 0. The standard InChI is InChI=1S/C24H19BO2/c26-25(27)24-21-11-5-3-9-19(21)23(20-10-4-6-12-22(20)24)18-14-13-16-7-1-2-8-17(16)15-18/h2-6,8-15,26-27H,1,7H2. The molecule has 5 rings (SSSR count). The van der Waals surface area contributed by atoms with Gasteiger partial charge in [0.25, 0.3) is 0 Å². The second-order valence-electron chi connectivity index (χ2n) is 7.11. The number of rotatable bonds is 2. The molecule has 1 aliphatic carbocycles. The van der Waals surface area contributed by atoms with Crippen LogP contribution in [0.15, 0.2) is 72.8 Å². The predicted molar refractivity (Wildman–Crippen MR) is 114 cm³/mol. The molecule has 0 bridgehead atoms. The van der Waals surface area contributed by atoms with Crippen molar-refractivity contribution in [1.29, 1.82) is 0 Å². The molecule has 0 saturated carbocycles. The lowest BCUT2D eigenvalue weighted by atomic mass is 9.72. The van der Waals surface area contributed by atoms with Gasteiger partial charge < -0.3 is 10.0 Å². The van der Waals surface area contributed by atoms with Gasteiger partial charge in [-0.15, -0.1) is 0 Å². The van der Waals surface area contributed by atoms with E-state index >= 15 is 0 Å². The van der Waals surface area contributed by atoms with Crippen LogP contribution < -0.4 is 5.46 Å². The van der Waals surface area contributed by atoms with Gasteiger partial charge in [0.05, 0.1) is 0 Å². The van der Waals surface area contributed by atoms with Gasteiger partial charge in [0.15, 0.2) is 0 Å². The van der Waals surface area contributed by atoms with Gasteiger partial charge in [-0.05, 0) is 68.2 Å². The van der Waals surface area contributed by atoms with Crippen LogP contribution in [-0.2, 0) is 6.42 Å². The van der Waals surface area contributed by atoms with Crippen LogP contribution in [-0.4, -0.2) is 17.2 Å². The van der Waals surface area contributed by atoms with E-state index in [-0.39, 0.29) is 0 Å². The second kappa shape index (κ2) is 6.38. The van der Waals surface area contributed by atoms with Gasteiger partial charge in [-0.2, -0.15) is 0 Å². The van der Waals surface area contributed by atoms with Crippen molar-refractivity contribution in [2.45, 2.75) is 12.8 Å². The van der Waals surface area contributed by atoms with Gasteiger partial charge in [0.2, 0.25) is 0 Å². The van der Waals surface area contributed by atoms with Crippen LogP contribution in [0.1, 0.15) is 17.5 Å². The van der Waals surface area contributed by atoms with Crippen molar-refractivity contribution in [3.8, 4) is 11.1 Å². The molecule has 4 aromatic rings. The van der Waals surface area contributed by atoms with Gasteiger partial charge in [0, 0.05) is 0 Å². The summed E-state index contributed by atoms with van der Waals surface area (Å²) in [7, 11) is -1.51. The molecular weight excluding hydrogens is 331 g/mol. The lowest BCUT2D eigenvalue weighted by Gasteiger charge is -2.18. The number of hydrogen-bond donors (Lipinski definition) is 2. The molecule has 27 heavy (non-hydrogen) atoms. The highest BCUT2D eigenvalue weighted by molar-refractivity contribution is 6.66. The summed E-state index contributed by atoms with van der Waals surface area (Å²) in [5, 5.41) is 24.0. The van der Waals surface area contributed by atoms with Crippen molar-refractivity contribution in [1.82, 2.24) is 0 Å². The Kier molecular flexibility index (Phi) is 3.85. The molecule has 2 nitrogen and oxygen atoms in total. The molecule has 2 N–H and O–H groups in total. The topological polar surface area (TPSA) is 40.5 Å². The van der Waals surface area contributed by atoms with E-state index in [1.807, 2.05) is 36.4 Å². The van der Waals surface area contributed by atoms with Crippen molar-refractivity contribution in [2.24, 2.45) is 0 Å². The average Bonchev–Trinajstić information content (AvgIpc) is 2.71. The van der Waals surface area contributed by atoms with E-state index in [0.29, 0.717) is 5.46 Å². The third-order valence-corrected chi connectivity index (χ3v) is 5.54. The van der Waals surface area contributed by atoms with E-state index in [2.05, 4.69) is 42.5 Å². The second-order valence-corrected chi connectivity index (χ2v) is 7.11. The Labute approximate surface area is 158 Å². The highest BCUT2D eigenvalue weighted by atomic mass is 16.4. The maximum Gasteiger partial charge on any atom is 0.489 e. The van der Waals surface area contributed by atoms with E-state index in [0.717, 1.165) is 45.5 Å². The van der Waals surface area contributed by atoms with Gasteiger partial charge >= 0.3 is 7.12 Å². The van der Waals surface area contributed by atoms with E-state index in [4.69, 9.17) is 0 Å². The van der Waals surface area contributed by atoms with Crippen LogP contribution in [0.3, 0.4) is 0 Å². The molecule has 130 valence electrons. The SMILES string of the molecule is OB(O)c1c2ccccc2c(-c2ccc3c(c2)C=CCC3)c2ccccc12. The third kappa shape index (κ3) is 2.59. The minimum Gasteiger partial charge on any atom is -0.423 e. The molecule has 0 heterocycles. The average molecular weight is 350 g/mol. The molecule has 0 aromatic heterocycles. The van der Waals surface area contributed by atoms with Crippen LogP contribution in [0.4, 0.5) is 0 Å². The smallest absolute Gasteiger partial charge is 0.423 e. The number of benzene rings is 4. The molecule has 0 spiro atoms. The maximum absolute atomic E-state index is 10.1. The Morgan fingerprint density at radius 2 is 1.37 bits per heavy atom. The van der Waals surface area contributed by atoms with Crippen molar-refractivity contribution in [2.75, 3.05) is 0 Å². The van der Waals surface area contributed by atoms with Gasteiger partial charge in [-0.3, -0.25) is 0 Å². The maximum atomic E-state index is 10.1. The summed E-state index contributed by atoms with van der Waals surface area (Å²) in [6.07, 6.45) is 6.62. The first kappa shape index (κ1) is 16.3. The Hall–Kier alpha value is -2.88. The molecule has 0 amide bonds. The Morgan fingerprint density at radius 3 is 2.00 bits per heavy atom. The predicted octanol–water partition coefficient (Wildman–Crippen LogP) is 4.30. The zero-order valence-corrected chi connectivity index (χ0v) is 14.9. The molecule has 3 heteroatoms. The molecule has 4 aromatic carbocycles. The van der Waals surface area contributed by atoms with Gasteiger partial charge in [0.1, 0.15) is 0 Å². The normalized spacial score (nSPS) is 13.1. The zero-order chi connectivity index (χ0) is 18.4.